The summed E-state index contributed by atoms with van der Waals surface area (Å²) in [6.07, 6.45) is 5.14. The molecule has 1 aliphatic rings. The van der Waals surface area contributed by atoms with Crippen LogP contribution in [0.5, 0.6) is 0 Å². The minimum Gasteiger partial charge on any atom is -0.480 e. The van der Waals surface area contributed by atoms with Crippen LogP contribution in [0.25, 0.3) is 0 Å². The molecule has 7 nitrogen and oxygen atoms in total. The SMILES string of the molecule is COCCC(NC(=O)NCCOC1CCCC1)C(=O)O. The van der Waals surface area contributed by atoms with Crippen LogP contribution < -0.4 is 10.6 Å². The molecule has 1 rings (SSSR count). The van der Waals surface area contributed by atoms with Gasteiger partial charge in [-0.25, -0.2) is 9.59 Å². The number of rotatable bonds is 9. The molecule has 0 aromatic rings. The van der Waals surface area contributed by atoms with Crippen molar-refractivity contribution in [3.05, 3.63) is 0 Å². The Kier molecular flexibility index (Phi) is 7.98. The van der Waals surface area contributed by atoms with E-state index in [2.05, 4.69) is 10.6 Å². The van der Waals surface area contributed by atoms with Gasteiger partial charge in [0.2, 0.25) is 0 Å². The van der Waals surface area contributed by atoms with Crippen molar-refractivity contribution in [2.24, 2.45) is 0 Å². The molecule has 0 aromatic heterocycles. The number of amides is 2. The maximum atomic E-state index is 11.5. The number of hydrogen-bond acceptors (Lipinski definition) is 4. The molecule has 0 saturated heterocycles. The Hall–Kier alpha value is -1.34. The topological polar surface area (TPSA) is 96.9 Å². The molecule has 3 N–H and O–H groups in total. The van der Waals surface area contributed by atoms with Crippen LogP contribution in [0.1, 0.15) is 32.1 Å². The third kappa shape index (κ3) is 6.72. The molecule has 0 aliphatic heterocycles. The van der Waals surface area contributed by atoms with Crippen molar-refractivity contribution in [2.45, 2.75) is 44.2 Å². The fourth-order valence-electron chi connectivity index (χ4n) is 2.15. The average molecular weight is 288 g/mol. The number of carbonyl (C=O) groups is 2. The zero-order chi connectivity index (χ0) is 14.8. The van der Waals surface area contributed by atoms with E-state index >= 15 is 0 Å². The summed E-state index contributed by atoms with van der Waals surface area (Å²) >= 11 is 0. The van der Waals surface area contributed by atoms with E-state index in [1.54, 1.807) is 0 Å². The first kappa shape index (κ1) is 16.7. The van der Waals surface area contributed by atoms with E-state index < -0.39 is 18.0 Å². The Morgan fingerprint density at radius 1 is 1.30 bits per heavy atom. The highest BCUT2D eigenvalue weighted by atomic mass is 16.5. The highest BCUT2D eigenvalue weighted by Gasteiger charge is 2.19. The van der Waals surface area contributed by atoms with Crippen LogP contribution in [0, 0.1) is 0 Å². The highest BCUT2D eigenvalue weighted by molar-refractivity contribution is 5.82. The van der Waals surface area contributed by atoms with Crippen LogP contribution >= 0.6 is 0 Å². The van der Waals surface area contributed by atoms with Gasteiger partial charge in [0.05, 0.1) is 12.7 Å². The zero-order valence-electron chi connectivity index (χ0n) is 11.9. The van der Waals surface area contributed by atoms with Gasteiger partial charge in [0, 0.05) is 26.7 Å². The van der Waals surface area contributed by atoms with Gasteiger partial charge in [-0.15, -0.1) is 0 Å². The molecule has 1 saturated carbocycles. The normalized spacial score (nSPS) is 16.9. The molecule has 1 fully saturated rings. The van der Waals surface area contributed by atoms with Gasteiger partial charge in [0.1, 0.15) is 6.04 Å². The van der Waals surface area contributed by atoms with Crippen molar-refractivity contribution in [3.8, 4) is 0 Å². The Labute approximate surface area is 119 Å². The van der Waals surface area contributed by atoms with Gasteiger partial charge in [0.25, 0.3) is 0 Å². The highest BCUT2D eigenvalue weighted by Crippen LogP contribution is 2.20. The molecule has 7 heteroatoms. The third-order valence-electron chi connectivity index (χ3n) is 3.26. The third-order valence-corrected chi connectivity index (χ3v) is 3.26. The Morgan fingerprint density at radius 3 is 2.60 bits per heavy atom. The van der Waals surface area contributed by atoms with Crippen molar-refractivity contribution in [1.82, 2.24) is 10.6 Å². The van der Waals surface area contributed by atoms with Crippen LogP contribution in [0.4, 0.5) is 4.79 Å². The standard InChI is InChI=1S/C13H24N2O5/c1-19-8-6-11(12(16)17)15-13(18)14-7-9-20-10-4-2-3-5-10/h10-11H,2-9H2,1H3,(H,16,17)(H2,14,15,18). The monoisotopic (exact) mass is 288 g/mol. The Bertz CT molecular complexity index is 305. The first-order chi connectivity index (χ1) is 9.63. The molecular weight excluding hydrogens is 264 g/mol. The lowest BCUT2D eigenvalue weighted by Crippen LogP contribution is -2.47. The summed E-state index contributed by atoms with van der Waals surface area (Å²) in [6.45, 7) is 1.11. The molecule has 0 bridgehead atoms. The number of carboxylic acids is 1. The number of nitrogens with one attached hydrogen (secondary N) is 2. The van der Waals surface area contributed by atoms with Crippen LogP contribution in [-0.2, 0) is 14.3 Å². The molecule has 0 spiro atoms. The summed E-state index contributed by atoms with van der Waals surface area (Å²) in [4.78, 5) is 22.5. The number of methoxy groups -OCH3 is 1. The summed E-state index contributed by atoms with van der Waals surface area (Å²) in [7, 11) is 1.49. The van der Waals surface area contributed by atoms with Crippen LogP contribution in [0.15, 0.2) is 0 Å². The second-order valence-corrected chi connectivity index (χ2v) is 4.85. The predicted molar refractivity (Wildman–Crippen MR) is 72.7 cm³/mol. The fourth-order valence-corrected chi connectivity index (χ4v) is 2.15. The van der Waals surface area contributed by atoms with E-state index in [4.69, 9.17) is 14.6 Å². The van der Waals surface area contributed by atoms with Gasteiger partial charge in [-0.1, -0.05) is 12.8 Å². The van der Waals surface area contributed by atoms with Gasteiger partial charge in [-0.2, -0.15) is 0 Å². The molecule has 1 atom stereocenters. The van der Waals surface area contributed by atoms with E-state index in [-0.39, 0.29) is 13.0 Å². The summed E-state index contributed by atoms with van der Waals surface area (Å²) in [5.74, 6) is -1.07. The first-order valence-corrected chi connectivity index (χ1v) is 7.01. The van der Waals surface area contributed by atoms with Gasteiger partial charge in [-0.05, 0) is 12.8 Å². The smallest absolute Gasteiger partial charge is 0.326 e. The molecule has 0 heterocycles. The van der Waals surface area contributed by atoms with E-state index in [1.165, 1.54) is 20.0 Å². The number of aliphatic carboxylic acids is 1. The molecule has 20 heavy (non-hydrogen) atoms. The summed E-state index contributed by atoms with van der Waals surface area (Å²) in [5.41, 5.74) is 0. The molecular formula is C13H24N2O5. The second kappa shape index (κ2) is 9.55. The lowest BCUT2D eigenvalue weighted by molar-refractivity contribution is -0.139. The summed E-state index contributed by atoms with van der Waals surface area (Å²) < 4.78 is 10.4. The zero-order valence-corrected chi connectivity index (χ0v) is 11.9. The lowest BCUT2D eigenvalue weighted by Gasteiger charge is -2.15. The lowest BCUT2D eigenvalue weighted by atomic mass is 10.2. The van der Waals surface area contributed by atoms with Crippen LogP contribution in [0.3, 0.4) is 0 Å². The van der Waals surface area contributed by atoms with Crippen LogP contribution in [0.2, 0.25) is 0 Å². The van der Waals surface area contributed by atoms with Crippen molar-refractivity contribution < 1.29 is 24.2 Å². The molecule has 1 unspecified atom stereocenters. The van der Waals surface area contributed by atoms with E-state index in [1.807, 2.05) is 0 Å². The number of ether oxygens (including phenoxy) is 2. The largest absolute Gasteiger partial charge is 0.480 e. The molecule has 2 amide bonds. The summed E-state index contributed by atoms with van der Waals surface area (Å²) in [6, 6.07) is -1.44. The maximum absolute atomic E-state index is 11.5. The number of hydrogen-bond donors (Lipinski definition) is 3. The van der Waals surface area contributed by atoms with E-state index in [0.717, 1.165) is 12.8 Å². The minimum atomic E-state index is -1.07. The van der Waals surface area contributed by atoms with Crippen molar-refractivity contribution in [2.75, 3.05) is 26.9 Å². The average Bonchev–Trinajstić information content (AvgIpc) is 2.92. The van der Waals surface area contributed by atoms with Gasteiger partial charge >= 0.3 is 12.0 Å². The Balaban J connectivity index is 2.12. The van der Waals surface area contributed by atoms with Gasteiger partial charge in [-0.3, -0.25) is 0 Å². The Morgan fingerprint density at radius 2 is 2.00 bits per heavy atom. The van der Waals surface area contributed by atoms with Crippen molar-refractivity contribution in [3.63, 3.8) is 0 Å². The minimum absolute atomic E-state index is 0.234. The number of carbonyl (C=O) groups excluding carboxylic acids is 1. The quantitative estimate of drug-likeness (QED) is 0.544. The predicted octanol–water partition coefficient (Wildman–Crippen LogP) is 0.735. The van der Waals surface area contributed by atoms with E-state index in [0.29, 0.717) is 19.3 Å². The fraction of sp³-hybridized carbons (Fsp3) is 0.846. The number of urea groups is 1. The van der Waals surface area contributed by atoms with Crippen molar-refractivity contribution in [1.29, 1.82) is 0 Å². The van der Waals surface area contributed by atoms with Crippen LogP contribution in [-0.4, -0.2) is 56.1 Å². The maximum Gasteiger partial charge on any atom is 0.326 e. The second-order valence-electron chi connectivity index (χ2n) is 4.85. The molecule has 0 radical (unpaired) electrons. The first-order valence-electron chi connectivity index (χ1n) is 7.01. The summed E-state index contributed by atoms with van der Waals surface area (Å²) in [5, 5.41) is 13.9. The molecule has 0 aromatic carbocycles. The van der Waals surface area contributed by atoms with E-state index in [9.17, 15) is 9.59 Å². The van der Waals surface area contributed by atoms with Gasteiger partial charge < -0.3 is 25.2 Å². The molecule has 116 valence electrons. The van der Waals surface area contributed by atoms with Gasteiger partial charge in [0.15, 0.2) is 0 Å². The number of carboxylic acid groups (broad SMARTS) is 1. The molecule has 1 aliphatic carbocycles. The van der Waals surface area contributed by atoms with Crippen molar-refractivity contribution >= 4 is 12.0 Å².